The van der Waals surface area contributed by atoms with E-state index in [4.69, 9.17) is 0 Å². The standard InChI is InChI=1S/C10H11BrFNO/c1-10(14,6-2-3-6)7-4-5-13-9(11)8(7)12/h4-6,14H,2-3H2,1H3. The van der Waals surface area contributed by atoms with Gasteiger partial charge in [-0.1, -0.05) is 0 Å². The molecule has 0 aliphatic heterocycles. The molecular weight excluding hydrogens is 249 g/mol. The van der Waals surface area contributed by atoms with Crippen molar-refractivity contribution in [2.75, 3.05) is 0 Å². The van der Waals surface area contributed by atoms with E-state index in [1.165, 1.54) is 6.20 Å². The third kappa shape index (κ3) is 1.57. The average Bonchev–Trinajstić information content (AvgIpc) is 2.92. The van der Waals surface area contributed by atoms with Crippen LogP contribution in [0, 0.1) is 11.7 Å². The molecule has 0 bridgehead atoms. The summed E-state index contributed by atoms with van der Waals surface area (Å²) in [7, 11) is 0. The van der Waals surface area contributed by atoms with Gasteiger partial charge in [-0.3, -0.25) is 0 Å². The zero-order chi connectivity index (χ0) is 10.3. The van der Waals surface area contributed by atoms with Crippen LogP contribution in [-0.4, -0.2) is 10.1 Å². The van der Waals surface area contributed by atoms with Gasteiger partial charge >= 0.3 is 0 Å². The van der Waals surface area contributed by atoms with E-state index in [-0.39, 0.29) is 10.5 Å². The Morgan fingerprint density at radius 1 is 1.64 bits per heavy atom. The Labute approximate surface area is 90.3 Å². The maximum atomic E-state index is 13.6. The molecule has 1 aliphatic rings. The van der Waals surface area contributed by atoms with Gasteiger partial charge in [0, 0.05) is 11.8 Å². The number of hydrogen-bond acceptors (Lipinski definition) is 2. The van der Waals surface area contributed by atoms with E-state index in [1.54, 1.807) is 13.0 Å². The Bertz CT molecular complexity index is 363. The lowest BCUT2D eigenvalue weighted by molar-refractivity contribution is 0.0292. The summed E-state index contributed by atoms with van der Waals surface area (Å²) in [6.45, 7) is 1.66. The minimum absolute atomic E-state index is 0.163. The number of aromatic nitrogens is 1. The topological polar surface area (TPSA) is 33.1 Å². The summed E-state index contributed by atoms with van der Waals surface area (Å²) in [5.74, 6) is -0.268. The molecule has 0 amide bonds. The lowest BCUT2D eigenvalue weighted by Crippen LogP contribution is -2.25. The third-order valence-electron chi connectivity index (χ3n) is 2.76. The Morgan fingerprint density at radius 2 is 2.29 bits per heavy atom. The van der Waals surface area contributed by atoms with Crippen LogP contribution >= 0.6 is 15.9 Å². The third-order valence-corrected chi connectivity index (χ3v) is 3.32. The minimum atomic E-state index is -1.06. The van der Waals surface area contributed by atoms with Crippen LogP contribution in [0.15, 0.2) is 16.9 Å². The van der Waals surface area contributed by atoms with Gasteiger partial charge in [0.1, 0.15) is 4.60 Å². The first-order chi connectivity index (χ1) is 6.53. The first kappa shape index (κ1) is 10.1. The predicted octanol–water partition coefficient (Wildman–Crippen LogP) is 2.60. The average molecular weight is 260 g/mol. The van der Waals surface area contributed by atoms with Gasteiger partial charge in [-0.2, -0.15) is 0 Å². The van der Waals surface area contributed by atoms with Crippen molar-refractivity contribution in [3.05, 3.63) is 28.2 Å². The molecule has 1 aliphatic carbocycles. The Balaban J connectivity index is 2.44. The quantitative estimate of drug-likeness (QED) is 0.829. The molecule has 0 radical (unpaired) electrons. The van der Waals surface area contributed by atoms with E-state index in [2.05, 4.69) is 20.9 Å². The summed E-state index contributed by atoms with van der Waals surface area (Å²) in [4.78, 5) is 3.76. The normalized spacial score (nSPS) is 20.6. The Kier molecular flexibility index (Phi) is 2.35. The van der Waals surface area contributed by atoms with Crippen LogP contribution in [0.2, 0.25) is 0 Å². The van der Waals surface area contributed by atoms with Gasteiger partial charge in [-0.05, 0) is 47.7 Å². The predicted molar refractivity (Wildman–Crippen MR) is 54.2 cm³/mol. The van der Waals surface area contributed by atoms with Crippen molar-refractivity contribution in [3.63, 3.8) is 0 Å². The van der Waals surface area contributed by atoms with Gasteiger partial charge in [0.2, 0.25) is 0 Å². The maximum absolute atomic E-state index is 13.6. The van der Waals surface area contributed by atoms with E-state index < -0.39 is 11.4 Å². The van der Waals surface area contributed by atoms with Crippen molar-refractivity contribution in [1.29, 1.82) is 0 Å². The molecule has 1 atom stereocenters. The van der Waals surface area contributed by atoms with Crippen LogP contribution in [0.4, 0.5) is 4.39 Å². The second kappa shape index (κ2) is 3.28. The molecule has 1 saturated carbocycles. The largest absolute Gasteiger partial charge is 0.385 e. The van der Waals surface area contributed by atoms with Crippen LogP contribution in [0.5, 0.6) is 0 Å². The molecule has 2 nitrogen and oxygen atoms in total. The second-order valence-corrected chi connectivity index (χ2v) is 4.64. The highest BCUT2D eigenvalue weighted by molar-refractivity contribution is 9.10. The summed E-state index contributed by atoms with van der Waals surface area (Å²) < 4.78 is 13.8. The fraction of sp³-hybridized carbons (Fsp3) is 0.500. The molecule has 2 rings (SSSR count). The monoisotopic (exact) mass is 259 g/mol. The van der Waals surface area contributed by atoms with E-state index >= 15 is 0 Å². The summed E-state index contributed by atoms with van der Waals surface area (Å²) in [5, 5.41) is 10.1. The number of nitrogens with zero attached hydrogens (tertiary/aromatic N) is 1. The van der Waals surface area contributed by atoms with Crippen LogP contribution in [0.3, 0.4) is 0 Å². The summed E-state index contributed by atoms with van der Waals surface area (Å²) >= 11 is 3.01. The van der Waals surface area contributed by atoms with Gasteiger partial charge in [-0.15, -0.1) is 0 Å². The molecule has 0 aromatic carbocycles. The Hall–Kier alpha value is -0.480. The van der Waals surface area contributed by atoms with Crippen molar-refractivity contribution in [2.24, 2.45) is 5.92 Å². The van der Waals surface area contributed by atoms with E-state index in [0.717, 1.165) is 12.8 Å². The van der Waals surface area contributed by atoms with Crippen molar-refractivity contribution in [1.82, 2.24) is 4.98 Å². The SMILES string of the molecule is CC(O)(c1ccnc(Br)c1F)C1CC1. The Morgan fingerprint density at radius 3 is 2.86 bits per heavy atom. The molecule has 1 aromatic rings. The van der Waals surface area contributed by atoms with Gasteiger partial charge in [-0.25, -0.2) is 9.37 Å². The number of hydrogen-bond donors (Lipinski definition) is 1. The lowest BCUT2D eigenvalue weighted by Gasteiger charge is -2.24. The second-order valence-electron chi connectivity index (χ2n) is 3.89. The highest BCUT2D eigenvalue weighted by atomic mass is 79.9. The molecule has 1 aromatic heterocycles. The zero-order valence-corrected chi connectivity index (χ0v) is 9.38. The van der Waals surface area contributed by atoms with Gasteiger partial charge in [0.15, 0.2) is 5.82 Å². The van der Waals surface area contributed by atoms with Gasteiger partial charge in [0.25, 0.3) is 0 Å². The molecule has 1 heterocycles. The molecular formula is C10H11BrFNO. The number of rotatable bonds is 2. The van der Waals surface area contributed by atoms with Crippen LogP contribution in [-0.2, 0) is 5.60 Å². The van der Waals surface area contributed by atoms with Crippen molar-refractivity contribution in [2.45, 2.75) is 25.4 Å². The van der Waals surface area contributed by atoms with Crippen molar-refractivity contribution < 1.29 is 9.50 Å². The fourth-order valence-corrected chi connectivity index (χ4v) is 2.01. The molecule has 14 heavy (non-hydrogen) atoms. The molecule has 1 fully saturated rings. The van der Waals surface area contributed by atoms with Gasteiger partial charge in [0.05, 0.1) is 5.60 Å². The summed E-state index contributed by atoms with van der Waals surface area (Å²) in [6.07, 6.45) is 3.43. The first-order valence-electron chi connectivity index (χ1n) is 4.56. The molecule has 76 valence electrons. The zero-order valence-electron chi connectivity index (χ0n) is 7.80. The minimum Gasteiger partial charge on any atom is -0.385 e. The van der Waals surface area contributed by atoms with Gasteiger partial charge < -0.3 is 5.11 Å². The smallest absolute Gasteiger partial charge is 0.162 e. The number of pyridine rings is 1. The van der Waals surface area contributed by atoms with E-state index in [0.29, 0.717) is 5.56 Å². The van der Waals surface area contributed by atoms with Crippen LogP contribution in [0.25, 0.3) is 0 Å². The molecule has 1 unspecified atom stereocenters. The van der Waals surface area contributed by atoms with Crippen LogP contribution in [0.1, 0.15) is 25.3 Å². The van der Waals surface area contributed by atoms with E-state index in [9.17, 15) is 9.50 Å². The number of halogens is 2. The molecule has 0 spiro atoms. The molecule has 1 N–H and O–H groups in total. The summed E-state index contributed by atoms with van der Waals surface area (Å²) in [5.41, 5.74) is -0.725. The highest BCUT2D eigenvalue weighted by Crippen LogP contribution is 2.46. The molecule has 0 saturated heterocycles. The van der Waals surface area contributed by atoms with Crippen LogP contribution < -0.4 is 0 Å². The van der Waals surface area contributed by atoms with Crippen molar-refractivity contribution in [3.8, 4) is 0 Å². The van der Waals surface area contributed by atoms with Crippen molar-refractivity contribution >= 4 is 15.9 Å². The number of aliphatic hydroxyl groups is 1. The maximum Gasteiger partial charge on any atom is 0.162 e. The fourth-order valence-electron chi connectivity index (χ4n) is 1.67. The summed E-state index contributed by atoms with van der Waals surface area (Å²) in [6, 6.07) is 1.54. The highest BCUT2D eigenvalue weighted by Gasteiger charge is 2.43. The first-order valence-corrected chi connectivity index (χ1v) is 5.35. The molecule has 4 heteroatoms. The van der Waals surface area contributed by atoms with E-state index in [1.807, 2.05) is 0 Å². The lowest BCUT2D eigenvalue weighted by atomic mass is 9.91.